The molecule has 1 atom stereocenters. The molecule has 2 bridgehead atoms. The lowest BCUT2D eigenvalue weighted by Gasteiger charge is -2.44. The molecule has 20 heavy (non-hydrogen) atoms. The number of piperidine rings is 3. The highest BCUT2D eigenvalue weighted by Crippen LogP contribution is 2.28. The van der Waals surface area contributed by atoms with Crippen LogP contribution in [0.3, 0.4) is 0 Å². The predicted molar refractivity (Wildman–Crippen MR) is 80.0 cm³/mol. The third-order valence-electron chi connectivity index (χ3n) is 4.57. The number of nitrogens with one attached hydrogen (secondary N) is 1. The molecule has 5 heteroatoms. The fraction of sp³-hybridized carbons (Fsp3) is 0.467. The molecule has 3 fully saturated rings. The number of thiazole rings is 1. The van der Waals surface area contributed by atoms with Gasteiger partial charge in [0.2, 0.25) is 0 Å². The molecule has 3 saturated heterocycles. The second kappa shape index (κ2) is 4.82. The first-order valence-corrected chi connectivity index (χ1v) is 8.04. The van der Waals surface area contributed by atoms with Crippen molar-refractivity contribution in [3.8, 4) is 0 Å². The van der Waals surface area contributed by atoms with E-state index in [1.165, 1.54) is 37.3 Å². The van der Waals surface area contributed by atoms with Crippen LogP contribution in [0.2, 0.25) is 0 Å². The summed E-state index contributed by atoms with van der Waals surface area (Å²) in [5, 5.41) is 3.25. The first kappa shape index (κ1) is 12.3. The number of amides is 1. The van der Waals surface area contributed by atoms with Crippen LogP contribution in [0.25, 0.3) is 10.2 Å². The molecule has 1 aromatic heterocycles. The fourth-order valence-corrected chi connectivity index (χ4v) is 4.24. The van der Waals surface area contributed by atoms with Gasteiger partial charge in [0.15, 0.2) is 0 Å². The molecule has 0 radical (unpaired) electrons. The van der Waals surface area contributed by atoms with Gasteiger partial charge in [0.25, 0.3) is 5.91 Å². The molecule has 3 aliphatic heterocycles. The van der Waals surface area contributed by atoms with Gasteiger partial charge in [-0.3, -0.25) is 4.79 Å². The molecule has 3 aliphatic rings. The van der Waals surface area contributed by atoms with Crippen molar-refractivity contribution in [3.63, 3.8) is 0 Å². The predicted octanol–water partition coefficient (Wildman–Crippen LogP) is 2.12. The van der Waals surface area contributed by atoms with Crippen LogP contribution in [-0.2, 0) is 0 Å². The van der Waals surface area contributed by atoms with Crippen molar-refractivity contribution < 1.29 is 4.79 Å². The first-order chi connectivity index (χ1) is 9.81. The Hall–Kier alpha value is -1.46. The Labute approximate surface area is 121 Å². The molecule has 1 amide bonds. The number of hydrogen-bond donors (Lipinski definition) is 1. The van der Waals surface area contributed by atoms with Crippen molar-refractivity contribution in [3.05, 3.63) is 29.3 Å². The summed E-state index contributed by atoms with van der Waals surface area (Å²) >= 11 is 1.54. The zero-order chi connectivity index (χ0) is 13.5. The van der Waals surface area contributed by atoms with Crippen molar-refractivity contribution in [2.24, 2.45) is 5.92 Å². The van der Waals surface area contributed by atoms with E-state index in [1.807, 2.05) is 18.2 Å². The van der Waals surface area contributed by atoms with E-state index in [1.54, 1.807) is 5.51 Å². The lowest BCUT2D eigenvalue weighted by Crippen LogP contribution is -2.57. The minimum absolute atomic E-state index is 0.0543. The highest BCUT2D eigenvalue weighted by atomic mass is 32.1. The Bertz CT molecular complexity index is 645. The number of benzene rings is 1. The molecule has 1 N–H and O–H groups in total. The van der Waals surface area contributed by atoms with Crippen molar-refractivity contribution >= 4 is 27.5 Å². The summed E-state index contributed by atoms with van der Waals surface area (Å²) in [6.45, 7) is 3.40. The van der Waals surface area contributed by atoms with Gasteiger partial charge in [-0.25, -0.2) is 4.98 Å². The molecule has 4 heterocycles. The van der Waals surface area contributed by atoms with E-state index in [0.717, 1.165) is 22.3 Å². The minimum atomic E-state index is 0.0543. The molecular formula is C15H17N3OS. The average Bonchev–Trinajstić information content (AvgIpc) is 2.96. The van der Waals surface area contributed by atoms with Crippen LogP contribution in [0.1, 0.15) is 23.2 Å². The third kappa shape index (κ3) is 2.01. The van der Waals surface area contributed by atoms with Gasteiger partial charge in [0.05, 0.1) is 21.3 Å². The Kier molecular flexibility index (Phi) is 2.97. The Morgan fingerprint density at radius 2 is 2.20 bits per heavy atom. The number of rotatable bonds is 2. The van der Waals surface area contributed by atoms with Crippen LogP contribution in [0.4, 0.5) is 0 Å². The van der Waals surface area contributed by atoms with Gasteiger partial charge in [-0.15, -0.1) is 11.3 Å². The van der Waals surface area contributed by atoms with Crippen molar-refractivity contribution in [2.75, 3.05) is 19.6 Å². The Balaban J connectivity index is 1.57. The Morgan fingerprint density at radius 1 is 1.35 bits per heavy atom. The summed E-state index contributed by atoms with van der Waals surface area (Å²) in [4.78, 5) is 19.3. The molecule has 0 spiro atoms. The van der Waals surface area contributed by atoms with Crippen LogP contribution in [0.5, 0.6) is 0 Å². The normalized spacial score (nSPS) is 28.7. The van der Waals surface area contributed by atoms with Crippen LogP contribution in [-0.4, -0.2) is 41.5 Å². The van der Waals surface area contributed by atoms with Crippen LogP contribution < -0.4 is 5.32 Å². The fourth-order valence-electron chi connectivity index (χ4n) is 3.44. The zero-order valence-corrected chi connectivity index (χ0v) is 12.0. The minimum Gasteiger partial charge on any atom is -0.348 e. The van der Waals surface area contributed by atoms with Crippen molar-refractivity contribution in [1.82, 2.24) is 15.2 Å². The summed E-state index contributed by atoms with van der Waals surface area (Å²) in [6.07, 6.45) is 2.44. The van der Waals surface area contributed by atoms with Gasteiger partial charge in [-0.05, 0) is 44.0 Å². The molecule has 5 rings (SSSR count). The van der Waals surface area contributed by atoms with Crippen LogP contribution in [0.15, 0.2) is 23.7 Å². The number of nitrogens with zero attached hydrogens (tertiary/aromatic N) is 2. The summed E-state index contributed by atoms with van der Waals surface area (Å²) in [5.41, 5.74) is 3.48. The number of carbonyl (C=O) groups is 1. The number of hydrogen-bond acceptors (Lipinski definition) is 4. The lowest BCUT2D eigenvalue weighted by atomic mass is 9.84. The second-order valence-corrected chi connectivity index (χ2v) is 6.58. The maximum atomic E-state index is 12.6. The summed E-state index contributed by atoms with van der Waals surface area (Å²) in [6, 6.07) is 6.08. The van der Waals surface area contributed by atoms with E-state index in [-0.39, 0.29) is 5.91 Å². The maximum absolute atomic E-state index is 12.6. The van der Waals surface area contributed by atoms with Gasteiger partial charge in [0, 0.05) is 12.6 Å². The zero-order valence-electron chi connectivity index (χ0n) is 11.2. The van der Waals surface area contributed by atoms with Crippen LogP contribution >= 0.6 is 11.3 Å². The van der Waals surface area contributed by atoms with Gasteiger partial charge in [-0.1, -0.05) is 6.07 Å². The molecule has 0 saturated carbocycles. The van der Waals surface area contributed by atoms with Crippen molar-refractivity contribution in [1.29, 1.82) is 0 Å². The second-order valence-electron chi connectivity index (χ2n) is 5.72. The van der Waals surface area contributed by atoms with Gasteiger partial charge in [-0.2, -0.15) is 0 Å². The van der Waals surface area contributed by atoms with E-state index in [9.17, 15) is 4.79 Å². The molecule has 2 aromatic rings. The summed E-state index contributed by atoms with van der Waals surface area (Å²) in [7, 11) is 0. The van der Waals surface area contributed by atoms with E-state index in [0.29, 0.717) is 12.0 Å². The first-order valence-electron chi connectivity index (χ1n) is 7.17. The van der Waals surface area contributed by atoms with Gasteiger partial charge in [0.1, 0.15) is 0 Å². The average molecular weight is 287 g/mol. The standard InChI is InChI=1S/C15H17N3OS/c19-15(11-2-1-3-12-14(11)20-9-16-12)17-13-8-18-6-4-10(13)5-7-18/h1-3,9-10,13H,4-8H2,(H,17,19)/t13-/m1/s1. The monoisotopic (exact) mass is 287 g/mol. The molecule has 0 aliphatic carbocycles. The highest BCUT2D eigenvalue weighted by molar-refractivity contribution is 7.17. The Morgan fingerprint density at radius 3 is 2.95 bits per heavy atom. The molecule has 1 aromatic carbocycles. The summed E-state index contributed by atoms with van der Waals surface area (Å²) < 4.78 is 0.992. The topological polar surface area (TPSA) is 45.2 Å². The molecule has 104 valence electrons. The largest absolute Gasteiger partial charge is 0.348 e. The van der Waals surface area contributed by atoms with E-state index in [4.69, 9.17) is 0 Å². The number of aromatic nitrogens is 1. The van der Waals surface area contributed by atoms with E-state index >= 15 is 0 Å². The van der Waals surface area contributed by atoms with E-state index < -0.39 is 0 Å². The van der Waals surface area contributed by atoms with Crippen LogP contribution in [0, 0.1) is 5.92 Å². The van der Waals surface area contributed by atoms with Crippen molar-refractivity contribution in [2.45, 2.75) is 18.9 Å². The number of carbonyl (C=O) groups excluding carboxylic acids is 1. The summed E-state index contributed by atoms with van der Waals surface area (Å²) in [5.74, 6) is 0.711. The molecular weight excluding hydrogens is 270 g/mol. The maximum Gasteiger partial charge on any atom is 0.253 e. The smallest absolute Gasteiger partial charge is 0.253 e. The van der Waals surface area contributed by atoms with Gasteiger partial charge >= 0.3 is 0 Å². The highest BCUT2D eigenvalue weighted by Gasteiger charge is 2.35. The molecule has 0 unspecified atom stereocenters. The SMILES string of the molecule is O=C(N[C@@H]1CN2CCC1CC2)c1cccc2ncsc12. The third-order valence-corrected chi connectivity index (χ3v) is 5.45. The quantitative estimate of drug-likeness (QED) is 0.920. The van der Waals surface area contributed by atoms with Gasteiger partial charge < -0.3 is 10.2 Å². The van der Waals surface area contributed by atoms with E-state index in [2.05, 4.69) is 15.2 Å². The number of fused-ring (bicyclic) bond motifs is 4. The molecule has 4 nitrogen and oxygen atoms in total. The lowest BCUT2D eigenvalue weighted by molar-refractivity contribution is 0.0621.